The molecule has 1 aliphatic carbocycles. The smallest absolute Gasteiger partial charge is 0.142 e. The first-order chi connectivity index (χ1) is 11.6. The number of aromatic nitrogens is 2. The van der Waals surface area contributed by atoms with Gasteiger partial charge < -0.3 is 10.2 Å². The lowest BCUT2D eigenvalue weighted by atomic mass is 9.88. The van der Waals surface area contributed by atoms with Gasteiger partial charge in [-0.25, -0.2) is 9.97 Å². The fourth-order valence-electron chi connectivity index (χ4n) is 3.36. The van der Waals surface area contributed by atoms with E-state index in [1.807, 2.05) is 11.3 Å². The monoisotopic (exact) mass is 338 g/mol. The molecule has 0 spiro atoms. The van der Waals surface area contributed by atoms with E-state index in [9.17, 15) is 0 Å². The molecule has 2 heterocycles. The van der Waals surface area contributed by atoms with Crippen LogP contribution in [0.15, 0.2) is 30.6 Å². The van der Waals surface area contributed by atoms with E-state index in [2.05, 4.69) is 65.5 Å². The minimum atomic E-state index is 0.739. The van der Waals surface area contributed by atoms with Gasteiger partial charge in [-0.3, -0.25) is 0 Å². The van der Waals surface area contributed by atoms with Crippen molar-refractivity contribution < 1.29 is 0 Å². The maximum absolute atomic E-state index is 4.54. The number of nitrogens with zero attached hydrogens (tertiary/aromatic N) is 3. The van der Waals surface area contributed by atoms with Crippen LogP contribution < -0.4 is 10.2 Å². The molecule has 0 amide bonds. The zero-order valence-corrected chi connectivity index (χ0v) is 15.2. The van der Waals surface area contributed by atoms with Crippen molar-refractivity contribution in [3.63, 3.8) is 0 Å². The summed E-state index contributed by atoms with van der Waals surface area (Å²) in [6.07, 6.45) is 5.26. The van der Waals surface area contributed by atoms with E-state index in [4.69, 9.17) is 0 Å². The number of rotatable bonds is 3. The predicted octanol–water partition coefficient (Wildman–Crippen LogP) is 4.63. The molecule has 124 valence electrons. The van der Waals surface area contributed by atoms with Crippen molar-refractivity contribution >= 4 is 38.7 Å². The molecule has 1 aromatic carbocycles. The van der Waals surface area contributed by atoms with Crippen LogP contribution in [0.4, 0.5) is 17.2 Å². The van der Waals surface area contributed by atoms with Crippen LogP contribution in [0.25, 0.3) is 10.2 Å². The maximum Gasteiger partial charge on any atom is 0.142 e. The summed E-state index contributed by atoms with van der Waals surface area (Å²) >= 11 is 1.84. The average Bonchev–Trinajstić information content (AvgIpc) is 2.94. The van der Waals surface area contributed by atoms with Crippen LogP contribution in [-0.2, 0) is 12.8 Å². The second-order valence-corrected chi connectivity index (χ2v) is 7.90. The highest BCUT2D eigenvalue weighted by molar-refractivity contribution is 7.19. The minimum Gasteiger partial charge on any atom is -0.378 e. The molecule has 0 unspecified atom stereocenters. The van der Waals surface area contributed by atoms with Crippen molar-refractivity contribution in [1.29, 1.82) is 0 Å². The van der Waals surface area contributed by atoms with Gasteiger partial charge in [0.15, 0.2) is 0 Å². The van der Waals surface area contributed by atoms with Crippen LogP contribution in [0.5, 0.6) is 0 Å². The molecule has 1 atom stereocenters. The zero-order chi connectivity index (χ0) is 16.7. The number of nitrogens with one attached hydrogen (secondary N) is 1. The molecule has 4 nitrogen and oxygen atoms in total. The van der Waals surface area contributed by atoms with Gasteiger partial charge in [0.1, 0.15) is 17.0 Å². The van der Waals surface area contributed by atoms with Crippen LogP contribution in [0.1, 0.15) is 23.8 Å². The highest BCUT2D eigenvalue weighted by Gasteiger charge is 2.23. The summed E-state index contributed by atoms with van der Waals surface area (Å²) in [5.41, 5.74) is 3.71. The number of hydrogen-bond acceptors (Lipinski definition) is 5. The second kappa shape index (κ2) is 6.06. The van der Waals surface area contributed by atoms with E-state index in [1.54, 1.807) is 6.33 Å². The lowest BCUT2D eigenvalue weighted by Crippen LogP contribution is -2.09. The molecule has 0 aliphatic heterocycles. The Morgan fingerprint density at radius 1 is 1.17 bits per heavy atom. The van der Waals surface area contributed by atoms with Crippen LogP contribution in [0, 0.1) is 5.92 Å². The predicted molar refractivity (Wildman–Crippen MR) is 103 cm³/mol. The van der Waals surface area contributed by atoms with E-state index in [-0.39, 0.29) is 0 Å². The SMILES string of the molecule is C[C@@H]1CCc2sc3ncnc(Nc4ccc(N(C)C)cc4)c3c2C1. The van der Waals surface area contributed by atoms with E-state index < -0.39 is 0 Å². The number of fused-ring (bicyclic) bond motifs is 3. The first kappa shape index (κ1) is 15.4. The Labute approximate surface area is 146 Å². The molecule has 0 radical (unpaired) electrons. The molecule has 2 aromatic heterocycles. The van der Waals surface area contributed by atoms with Crippen molar-refractivity contribution in [2.24, 2.45) is 5.92 Å². The molecule has 1 aliphatic rings. The summed E-state index contributed by atoms with van der Waals surface area (Å²) in [6, 6.07) is 8.44. The lowest BCUT2D eigenvalue weighted by molar-refractivity contribution is 0.508. The first-order valence-corrected chi connectivity index (χ1v) is 9.23. The lowest BCUT2D eigenvalue weighted by Gasteiger charge is -2.18. The van der Waals surface area contributed by atoms with E-state index in [1.165, 1.54) is 34.4 Å². The Bertz CT molecular complexity index is 867. The number of anilines is 3. The fraction of sp³-hybridized carbons (Fsp3) is 0.368. The standard InChI is InChI=1S/C19H22N4S/c1-12-4-9-16-15(10-12)17-18(20-11-21-19(17)24-16)22-13-5-7-14(8-6-13)23(2)3/h5-8,11-12H,4,9-10H2,1-3H3,(H,20,21,22)/t12-/m1/s1. The molecular formula is C19H22N4S. The van der Waals surface area contributed by atoms with Gasteiger partial charge in [-0.2, -0.15) is 0 Å². The largest absolute Gasteiger partial charge is 0.378 e. The van der Waals surface area contributed by atoms with Crippen LogP contribution >= 0.6 is 11.3 Å². The topological polar surface area (TPSA) is 41.1 Å². The quantitative estimate of drug-likeness (QED) is 0.756. The summed E-state index contributed by atoms with van der Waals surface area (Å²) in [5, 5.41) is 4.72. The third-order valence-electron chi connectivity index (χ3n) is 4.73. The molecule has 0 fully saturated rings. The van der Waals surface area contributed by atoms with Gasteiger partial charge >= 0.3 is 0 Å². The third-order valence-corrected chi connectivity index (χ3v) is 5.93. The summed E-state index contributed by atoms with van der Waals surface area (Å²) in [5.74, 6) is 1.67. The maximum atomic E-state index is 4.54. The Balaban J connectivity index is 1.72. The molecule has 3 aromatic rings. The number of aryl methyl sites for hydroxylation is 1. The summed E-state index contributed by atoms with van der Waals surface area (Å²) in [6.45, 7) is 2.34. The molecule has 4 rings (SSSR count). The van der Waals surface area contributed by atoms with Crippen molar-refractivity contribution in [2.45, 2.75) is 26.2 Å². The summed E-state index contributed by atoms with van der Waals surface area (Å²) in [4.78, 5) is 13.8. The molecule has 5 heteroatoms. The van der Waals surface area contributed by atoms with Crippen LogP contribution in [0.3, 0.4) is 0 Å². The van der Waals surface area contributed by atoms with Gasteiger partial charge in [-0.15, -0.1) is 11.3 Å². The Morgan fingerprint density at radius 2 is 1.96 bits per heavy atom. The minimum absolute atomic E-state index is 0.739. The van der Waals surface area contributed by atoms with Crippen molar-refractivity contribution in [2.75, 3.05) is 24.3 Å². The van der Waals surface area contributed by atoms with Gasteiger partial charge in [0.05, 0.1) is 5.39 Å². The molecule has 0 bridgehead atoms. The molecular weight excluding hydrogens is 316 g/mol. The van der Waals surface area contributed by atoms with Crippen LogP contribution in [0.2, 0.25) is 0 Å². The van der Waals surface area contributed by atoms with E-state index >= 15 is 0 Å². The van der Waals surface area contributed by atoms with Gasteiger partial charge in [0.2, 0.25) is 0 Å². The van der Waals surface area contributed by atoms with Crippen LogP contribution in [-0.4, -0.2) is 24.1 Å². The highest BCUT2D eigenvalue weighted by atomic mass is 32.1. The Hall–Kier alpha value is -2.14. The van der Waals surface area contributed by atoms with Crippen molar-refractivity contribution in [3.8, 4) is 0 Å². The Kier molecular flexibility index (Phi) is 3.88. The summed E-state index contributed by atoms with van der Waals surface area (Å²) < 4.78 is 0. The van der Waals surface area contributed by atoms with Gasteiger partial charge in [0, 0.05) is 30.3 Å². The molecule has 0 saturated heterocycles. The average molecular weight is 338 g/mol. The highest BCUT2D eigenvalue weighted by Crippen LogP contribution is 2.40. The molecule has 24 heavy (non-hydrogen) atoms. The summed E-state index contributed by atoms with van der Waals surface area (Å²) in [7, 11) is 4.10. The number of hydrogen-bond donors (Lipinski definition) is 1. The van der Waals surface area contributed by atoms with E-state index in [0.717, 1.165) is 28.7 Å². The van der Waals surface area contributed by atoms with Crippen molar-refractivity contribution in [1.82, 2.24) is 9.97 Å². The third kappa shape index (κ3) is 2.73. The number of thiophene rings is 1. The van der Waals surface area contributed by atoms with E-state index in [0.29, 0.717) is 0 Å². The van der Waals surface area contributed by atoms with Gasteiger partial charge in [-0.05, 0) is 55.0 Å². The zero-order valence-electron chi connectivity index (χ0n) is 14.3. The number of benzene rings is 1. The van der Waals surface area contributed by atoms with Crippen molar-refractivity contribution in [3.05, 3.63) is 41.0 Å². The first-order valence-electron chi connectivity index (χ1n) is 8.41. The second-order valence-electron chi connectivity index (χ2n) is 6.82. The fourth-order valence-corrected chi connectivity index (χ4v) is 4.54. The normalized spacial score (nSPS) is 16.9. The molecule has 0 saturated carbocycles. The Morgan fingerprint density at radius 3 is 2.71 bits per heavy atom. The van der Waals surface area contributed by atoms with Gasteiger partial charge in [-0.1, -0.05) is 6.92 Å². The molecule has 1 N–H and O–H groups in total. The van der Waals surface area contributed by atoms with Gasteiger partial charge in [0.25, 0.3) is 0 Å².